The summed E-state index contributed by atoms with van der Waals surface area (Å²) in [6.45, 7) is 12.9. The summed E-state index contributed by atoms with van der Waals surface area (Å²) < 4.78 is 0. The van der Waals surface area contributed by atoms with E-state index in [2.05, 4.69) is 41.0 Å². The van der Waals surface area contributed by atoms with Crippen molar-refractivity contribution >= 4 is 5.96 Å². The summed E-state index contributed by atoms with van der Waals surface area (Å²) >= 11 is 0. The third-order valence-electron chi connectivity index (χ3n) is 4.35. The number of hydrogen-bond donors (Lipinski definition) is 3. The highest BCUT2D eigenvalue weighted by atomic mass is 16.3. The first-order valence-corrected chi connectivity index (χ1v) is 9.26. The van der Waals surface area contributed by atoms with E-state index in [9.17, 15) is 5.11 Å². The Balaban J connectivity index is 1.80. The largest absolute Gasteiger partial charge is 0.508 e. The molecule has 1 aliphatic heterocycles. The second-order valence-electron chi connectivity index (χ2n) is 6.83. The average molecular weight is 345 g/mol. The SMILES string of the molecule is C=C(C)CN1CCC(NC(=NCCc2cccc(O)c2)NCC)CC1. The average Bonchev–Trinajstić information content (AvgIpc) is 2.56. The Morgan fingerprint density at radius 3 is 2.76 bits per heavy atom. The van der Waals surface area contributed by atoms with Gasteiger partial charge in [-0.3, -0.25) is 9.89 Å². The molecule has 1 aliphatic rings. The molecular formula is C20H32N4O. The molecule has 0 atom stereocenters. The number of phenols is 1. The van der Waals surface area contributed by atoms with Crippen LogP contribution in [0.3, 0.4) is 0 Å². The zero-order valence-corrected chi connectivity index (χ0v) is 15.6. The van der Waals surface area contributed by atoms with Gasteiger partial charge in [0.05, 0.1) is 0 Å². The van der Waals surface area contributed by atoms with Crippen LogP contribution < -0.4 is 10.6 Å². The first-order valence-electron chi connectivity index (χ1n) is 9.26. The highest BCUT2D eigenvalue weighted by Gasteiger charge is 2.19. The van der Waals surface area contributed by atoms with E-state index in [0.717, 1.165) is 57.0 Å². The van der Waals surface area contributed by atoms with Gasteiger partial charge in [-0.25, -0.2) is 0 Å². The number of rotatable bonds is 7. The van der Waals surface area contributed by atoms with E-state index in [0.29, 0.717) is 18.3 Å². The van der Waals surface area contributed by atoms with E-state index in [4.69, 9.17) is 0 Å². The Bertz CT molecular complexity index is 577. The van der Waals surface area contributed by atoms with E-state index in [-0.39, 0.29) is 0 Å². The lowest BCUT2D eigenvalue weighted by atomic mass is 10.0. The van der Waals surface area contributed by atoms with Crippen molar-refractivity contribution in [1.82, 2.24) is 15.5 Å². The minimum absolute atomic E-state index is 0.313. The Kier molecular flexibility index (Phi) is 7.79. The first kappa shape index (κ1) is 19.3. The molecule has 0 bridgehead atoms. The number of piperidine rings is 1. The molecule has 0 saturated carbocycles. The van der Waals surface area contributed by atoms with Crippen molar-refractivity contribution in [3.63, 3.8) is 0 Å². The van der Waals surface area contributed by atoms with Gasteiger partial charge in [0.15, 0.2) is 5.96 Å². The molecule has 0 spiro atoms. The lowest BCUT2D eigenvalue weighted by Crippen LogP contribution is -2.48. The van der Waals surface area contributed by atoms with Gasteiger partial charge in [0.25, 0.3) is 0 Å². The summed E-state index contributed by atoms with van der Waals surface area (Å²) in [7, 11) is 0. The normalized spacial score (nSPS) is 16.6. The molecule has 0 aromatic heterocycles. The molecule has 0 unspecified atom stereocenters. The van der Waals surface area contributed by atoms with E-state index in [1.165, 1.54) is 5.57 Å². The molecule has 138 valence electrons. The van der Waals surface area contributed by atoms with Crippen LogP contribution in [0.2, 0.25) is 0 Å². The van der Waals surface area contributed by atoms with Crippen LogP contribution in [-0.2, 0) is 6.42 Å². The number of guanidine groups is 1. The maximum atomic E-state index is 9.53. The van der Waals surface area contributed by atoms with Crippen molar-refractivity contribution in [2.75, 3.05) is 32.7 Å². The third-order valence-corrected chi connectivity index (χ3v) is 4.35. The predicted molar refractivity (Wildman–Crippen MR) is 105 cm³/mol. The standard InChI is InChI=1S/C20H32N4O/c1-4-21-20(22-11-8-17-6-5-7-19(25)14-17)23-18-9-12-24(13-10-18)15-16(2)3/h5-7,14,18,25H,2,4,8-13,15H2,1,3H3,(H2,21,22,23). The quantitative estimate of drug-likeness (QED) is 0.404. The van der Waals surface area contributed by atoms with Crippen molar-refractivity contribution in [2.45, 2.75) is 39.2 Å². The molecule has 2 rings (SSSR count). The number of aliphatic imine (C=N–C) groups is 1. The van der Waals surface area contributed by atoms with E-state index in [1.54, 1.807) is 12.1 Å². The molecule has 5 heteroatoms. The molecule has 5 nitrogen and oxygen atoms in total. The fourth-order valence-corrected chi connectivity index (χ4v) is 3.14. The van der Waals surface area contributed by atoms with E-state index < -0.39 is 0 Å². The van der Waals surface area contributed by atoms with E-state index in [1.807, 2.05) is 12.1 Å². The van der Waals surface area contributed by atoms with Gasteiger partial charge in [0, 0.05) is 38.8 Å². The molecule has 0 radical (unpaired) electrons. The van der Waals surface area contributed by atoms with Gasteiger partial charge in [0.1, 0.15) is 5.75 Å². The highest BCUT2D eigenvalue weighted by molar-refractivity contribution is 5.80. The molecule has 1 heterocycles. The minimum Gasteiger partial charge on any atom is -0.508 e. The summed E-state index contributed by atoms with van der Waals surface area (Å²) in [5.74, 6) is 1.20. The van der Waals surface area contributed by atoms with Gasteiger partial charge in [-0.15, -0.1) is 0 Å². The lowest BCUT2D eigenvalue weighted by molar-refractivity contribution is 0.221. The van der Waals surface area contributed by atoms with Gasteiger partial charge >= 0.3 is 0 Å². The summed E-state index contributed by atoms with van der Waals surface area (Å²) in [6.07, 6.45) is 3.08. The van der Waals surface area contributed by atoms with Crippen LogP contribution in [0.5, 0.6) is 5.75 Å². The lowest BCUT2D eigenvalue weighted by Gasteiger charge is -2.33. The third kappa shape index (κ3) is 7.18. The molecule has 3 N–H and O–H groups in total. The Hall–Kier alpha value is -2.01. The van der Waals surface area contributed by atoms with Crippen molar-refractivity contribution in [3.8, 4) is 5.75 Å². The number of hydrogen-bond acceptors (Lipinski definition) is 3. The second kappa shape index (κ2) is 10.1. The van der Waals surface area contributed by atoms with Crippen molar-refractivity contribution in [1.29, 1.82) is 0 Å². The number of phenolic OH excluding ortho intramolecular Hbond substituents is 1. The van der Waals surface area contributed by atoms with Crippen LogP contribution in [0, 0.1) is 0 Å². The zero-order valence-electron chi connectivity index (χ0n) is 15.6. The zero-order chi connectivity index (χ0) is 18.1. The summed E-state index contributed by atoms with van der Waals surface area (Å²) in [5, 5.41) is 16.4. The van der Waals surface area contributed by atoms with Crippen LogP contribution >= 0.6 is 0 Å². The fourth-order valence-electron chi connectivity index (χ4n) is 3.14. The van der Waals surface area contributed by atoms with E-state index >= 15 is 0 Å². The molecular weight excluding hydrogens is 312 g/mol. The van der Waals surface area contributed by atoms with Gasteiger partial charge in [-0.2, -0.15) is 0 Å². The molecule has 0 aliphatic carbocycles. The second-order valence-corrected chi connectivity index (χ2v) is 6.83. The van der Waals surface area contributed by atoms with Gasteiger partial charge in [0.2, 0.25) is 0 Å². The number of nitrogens with one attached hydrogen (secondary N) is 2. The summed E-state index contributed by atoms with van der Waals surface area (Å²) in [5.41, 5.74) is 2.33. The van der Waals surface area contributed by atoms with Gasteiger partial charge in [-0.05, 0) is 50.8 Å². The topological polar surface area (TPSA) is 59.9 Å². The summed E-state index contributed by atoms with van der Waals surface area (Å²) in [4.78, 5) is 7.15. The van der Waals surface area contributed by atoms with Crippen LogP contribution in [0.15, 0.2) is 41.4 Å². The summed E-state index contributed by atoms with van der Waals surface area (Å²) in [6, 6.07) is 7.86. The molecule has 1 aromatic carbocycles. The number of likely N-dealkylation sites (tertiary alicyclic amines) is 1. The van der Waals surface area contributed by atoms with Crippen LogP contribution in [0.25, 0.3) is 0 Å². The van der Waals surface area contributed by atoms with Gasteiger partial charge in [-0.1, -0.05) is 24.3 Å². The first-order chi connectivity index (χ1) is 12.1. The molecule has 1 saturated heterocycles. The number of benzene rings is 1. The predicted octanol–water partition coefficient (Wildman–Crippen LogP) is 2.53. The molecule has 1 fully saturated rings. The Morgan fingerprint density at radius 1 is 1.36 bits per heavy atom. The fraction of sp³-hybridized carbons (Fsp3) is 0.550. The van der Waals surface area contributed by atoms with Crippen molar-refractivity contribution in [2.24, 2.45) is 4.99 Å². The maximum Gasteiger partial charge on any atom is 0.191 e. The molecule has 0 amide bonds. The van der Waals surface area contributed by atoms with Crippen molar-refractivity contribution in [3.05, 3.63) is 42.0 Å². The Labute approximate surface area is 151 Å². The van der Waals surface area contributed by atoms with Crippen LogP contribution in [-0.4, -0.2) is 54.7 Å². The van der Waals surface area contributed by atoms with Crippen LogP contribution in [0.1, 0.15) is 32.3 Å². The number of nitrogens with zero attached hydrogens (tertiary/aromatic N) is 2. The monoisotopic (exact) mass is 344 g/mol. The maximum absolute atomic E-state index is 9.53. The Morgan fingerprint density at radius 2 is 2.12 bits per heavy atom. The number of aromatic hydroxyl groups is 1. The molecule has 1 aromatic rings. The van der Waals surface area contributed by atoms with Gasteiger partial charge < -0.3 is 15.7 Å². The highest BCUT2D eigenvalue weighted by Crippen LogP contribution is 2.12. The van der Waals surface area contributed by atoms with Crippen LogP contribution in [0.4, 0.5) is 0 Å². The minimum atomic E-state index is 0.313. The smallest absolute Gasteiger partial charge is 0.191 e. The van der Waals surface area contributed by atoms with Crippen molar-refractivity contribution < 1.29 is 5.11 Å². The molecule has 25 heavy (non-hydrogen) atoms.